The SMILES string of the molecule is CCc1nnsc1C(=O)N1C[C@H](C(=O)O)[C@H](c2ccccc2)C1. The third-order valence-corrected chi connectivity index (χ3v) is 4.99. The summed E-state index contributed by atoms with van der Waals surface area (Å²) in [5.41, 5.74) is 1.63. The molecule has 6 nitrogen and oxygen atoms in total. The first kappa shape index (κ1) is 15.6. The van der Waals surface area contributed by atoms with Gasteiger partial charge in [0.05, 0.1) is 11.6 Å². The average molecular weight is 331 g/mol. The van der Waals surface area contributed by atoms with Gasteiger partial charge in [-0.1, -0.05) is 41.7 Å². The van der Waals surface area contributed by atoms with Gasteiger partial charge in [0.2, 0.25) is 0 Å². The van der Waals surface area contributed by atoms with Gasteiger partial charge in [0.15, 0.2) is 0 Å². The number of rotatable bonds is 4. The normalized spacial score (nSPS) is 20.7. The molecule has 0 radical (unpaired) electrons. The molecule has 0 saturated carbocycles. The summed E-state index contributed by atoms with van der Waals surface area (Å²) in [5, 5.41) is 13.5. The maximum absolute atomic E-state index is 12.7. The minimum absolute atomic E-state index is 0.165. The average Bonchev–Trinajstić information content (AvgIpc) is 3.22. The molecule has 0 unspecified atom stereocenters. The molecule has 1 aliphatic rings. The van der Waals surface area contributed by atoms with Crippen molar-refractivity contribution in [3.63, 3.8) is 0 Å². The molecular weight excluding hydrogens is 314 g/mol. The Morgan fingerprint density at radius 1 is 1.30 bits per heavy atom. The number of carbonyl (C=O) groups is 2. The molecule has 2 atom stereocenters. The molecule has 2 heterocycles. The van der Waals surface area contributed by atoms with E-state index in [0.717, 1.165) is 17.1 Å². The first-order valence-electron chi connectivity index (χ1n) is 7.50. The van der Waals surface area contributed by atoms with Crippen LogP contribution in [0.4, 0.5) is 0 Å². The molecule has 1 amide bonds. The minimum Gasteiger partial charge on any atom is -0.481 e. The van der Waals surface area contributed by atoms with Crippen LogP contribution < -0.4 is 0 Å². The molecule has 120 valence electrons. The zero-order valence-electron chi connectivity index (χ0n) is 12.7. The van der Waals surface area contributed by atoms with Crippen molar-refractivity contribution in [2.24, 2.45) is 5.92 Å². The number of carboxylic acid groups (broad SMARTS) is 1. The van der Waals surface area contributed by atoms with E-state index in [2.05, 4.69) is 9.59 Å². The van der Waals surface area contributed by atoms with E-state index in [1.54, 1.807) is 4.90 Å². The predicted molar refractivity (Wildman–Crippen MR) is 85.5 cm³/mol. The smallest absolute Gasteiger partial charge is 0.308 e. The maximum Gasteiger partial charge on any atom is 0.308 e. The molecule has 1 fully saturated rings. The molecule has 1 saturated heterocycles. The number of carboxylic acids is 1. The van der Waals surface area contributed by atoms with Crippen molar-refractivity contribution >= 4 is 23.4 Å². The molecular formula is C16H17N3O3S. The van der Waals surface area contributed by atoms with E-state index in [-0.39, 0.29) is 18.4 Å². The predicted octanol–water partition coefficient (Wildman–Crippen LogP) is 2.04. The van der Waals surface area contributed by atoms with E-state index < -0.39 is 11.9 Å². The first-order valence-corrected chi connectivity index (χ1v) is 8.27. The van der Waals surface area contributed by atoms with E-state index in [9.17, 15) is 14.7 Å². The van der Waals surface area contributed by atoms with Gasteiger partial charge in [-0.3, -0.25) is 9.59 Å². The molecule has 1 aromatic carbocycles. The Morgan fingerprint density at radius 3 is 2.70 bits per heavy atom. The fraction of sp³-hybridized carbons (Fsp3) is 0.375. The zero-order chi connectivity index (χ0) is 16.4. The summed E-state index contributed by atoms with van der Waals surface area (Å²) in [6.45, 7) is 2.54. The summed E-state index contributed by atoms with van der Waals surface area (Å²) in [7, 11) is 0. The number of benzene rings is 1. The number of aryl methyl sites for hydroxylation is 1. The molecule has 0 bridgehead atoms. The van der Waals surface area contributed by atoms with Crippen LogP contribution >= 0.6 is 11.5 Å². The largest absolute Gasteiger partial charge is 0.481 e. The highest BCUT2D eigenvalue weighted by Gasteiger charge is 2.41. The third-order valence-electron chi connectivity index (χ3n) is 4.24. The standard InChI is InChI=1S/C16H17N3O3S/c1-2-13-14(23-18-17-13)15(20)19-8-11(12(9-19)16(21)22)10-6-4-3-5-7-10/h3-7,11-12H,2,8-9H2,1H3,(H,21,22)/t11-,12-/m0/s1. The molecule has 2 aromatic rings. The van der Waals surface area contributed by atoms with E-state index in [0.29, 0.717) is 23.5 Å². The number of likely N-dealkylation sites (tertiary alicyclic amines) is 1. The van der Waals surface area contributed by atoms with Crippen molar-refractivity contribution in [2.75, 3.05) is 13.1 Å². The quantitative estimate of drug-likeness (QED) is 0.927. The summed E-state index contributed by atoms with van der Waals surface area (Å²) in [4.78, 5) is 26.4. The highest BCUT2D eigenvalue weighted by molar-refractivity contribution is 7.08. The fourth-order valence-corrected chi connectivity index (χ4v) is 3.72. The molecule has 0 spiro atoms. The molecule has 0 aliphatic carbocycles. The lowest BCUT2D eigenvalue weighted by atomic mass is 9.89. The Kier molecular flexibility index (Phi) is 4.38. The van der Waals surface area contributed by atoms with E-state index in [1.807, 2.05) is 37.3 Å². The van der Waals surface area contributed by atoms with E-state index in [4.69, 9.17) is 0 Å². The van der Waals surface area contributed by atoms with Gasteiger partial charge in [0, 0.05) is 19.0 Å². The van der Waals surface area contributed by atoms with Crippen LogP contribution in [0.25, 0.3) is 0 Å². The van der Waals surface area contributed by atoms with Gasteiger partial charge in [0.25, 0.3) is 5.91 Å². The Hall–Kier alpha value is -2.28. The highest BCUT2D eigenvalue weighted by atomic mass is 32.1. The summed E-state index contributed by atoms with van der Waals surface area (Å²) >= 11 is 1.08. The van der Waals surface area contributed by atoms with Gasteiger partial charge >= 0.3 is 5.97 Å². The second kappa shape index (κ2) is 6.45. The van der Waals surface area contributed by atoms with Crippen molar-refractivity contribution in [3.8, 4) is 0 Å². The van der Waals surface area contributed by atoms with Crippen molar-refractivity contribution in [1.82, 2.24) is 14.5 Å². The van der Waals surface area contributed by atoms with Gasteiger partial charge in [-0.2, -0.15) is 0 Å². The minimum atomic E-state index is -0.868. The topological polar surface area (TPSA) is 83.4 Å². The van der Waals surface area contributed by atoms with Crippen LogP contribution in [0.15, 0.2) is 30.3 Å². The lowest BCUT2D eigenvalue weighted by molar-refractivity contribution is -0.141. The van der Waals surface area contributed by atoms with Crippen LogP contribution in [0, 0.1) is 5.92 Å². The number of hydrogen-bond acceptors (Lipinski definition) is 5. The van der Waals surface area contributed by atoms with Crippen LogP contribution in [0.3, 0.4) is 0 Å². The summed E-state index contributed by atoms with van der Waals surface area (Å²) in [6.07, 6.45) is 0.635. The zero-order valence-corrected chi connectivity index (χ0v) is 13.5. The first-order chi connectivity index (χ1) is 11.1. The van der Waals surface area contributed by atoms with Gasteiger partial charge in [-0.05, 0) is 23.5 Å². The van der Waals surface area contributed by atoms with Crippen LogP contribution in [-0.4, -0.2) is 44.6 Å². The number of amides is 1. The van der Waals surface area contributed by atoms with Gasteiger partial charge in [-0.25, -0.2) is 0 Å². The number of aliphatic carboxylic acids is 1. The molecule has 1 aliphatic heterocycles. The Morgan fingerprint density at radius 2 is 2.04 bits per heavy atom. The monoisotopic (exact) mass is 331 g/mol. The van der Waals surface area contributed by atoms with Crippen LogP contribution in [0.1, 0.15) is 33.8 Å². The maximum atomic E-state index is 12.7. The molecule has 1 aromatic heterocycles. The summed E-state index contributed by atoms with van der Waals surface area (Å²) in [6, 6.07) is 9.51. The number of aromatic nitrogens is 2. The molecule has 1 N–H and O–H groups in total. The van der Waals surface area contributed by atoms with Crippen molar-refractivity contribution in [1.29, 1.82) is 0 Å². The Bertz CT molecular complexity index is 716. The molecule has 3 rings (SSSR count). The second-order valence-corrected chi connectivity index (χ2v) is 6.33. The van der Waals surface area contributed by atoms with Crippen LogP contribution in [0.2, 0.25) is 0 Å². The Balaban J connectivity index is 1.86. The summed E-state index contributed by atoms with van der Waals surface area (Å²) < 4.78 is 3.84. The van der Waals surface area contributed by atoms with Gasteiger partial charge in [-0.15, -0.1) is 5.10 Å². The lowest BCUT2D eigenvalue weighted by Gasteiger charge is -2.15. The Labute approximate surface area is 137 Å². The number of hydrogen-bond donors (Lipinski definition) is 1. The molecule has 7 heteroatoms. The van der Waals surface area contributed by atoms with Gasteiger partial charge < -0.3 is 10.0 Å². The fourth-order valence-electron chi connectivity index (χ4n) is 3.00. The molecule has 23 heavy (non-hydrogen) atoms. The van der Waals surface area contributed by atoms with Gasteiger partial charge in [0.1, 0.15) is 4.88 Å². The van der Waals surface area contributed by atoms with E-state index in [1.165, 1.54) is 0 Å². The third kappa shape index (κ3) is 2.96. The summed E-state index contributed by atoms with van der Waals surface area (Å²) in [5.74, 6) is -1.82. The van der Waals surface area contributed by atoms with Crippen LogP contribution in [0.5, 0.6) is 0 Å². The van der Waals surface area contributed by atoms with E-state index >= 15 is 0 Å². The number of carbonyl (C=O) groups excluding carboxylic acids is 1. The highest BCUT2D eigenvalue weighted by Crippen LogP contribution is 2.34. The van der Waals surface area contributed by atoms with Crippen LogP contribution in [-0.2, 0) is 11.2 Å². The van der Waals surface area contributed by atoms with Crippen molar-refractivity contribution < 1.29 is 14.7 Å². The van der Waals surface area contributed by atoms with Crippen molar-refractivity contribution in [2.45, 2.75) is 19.3 Å². The number of nitrogens with zero attached hydrogens (tertiary/aromatic N) is 3. The lowest BCUT2D eigenvalue weighted by Crippen LogP contribution is -2.30. The second-order valence-electron chi connectivity index (χ2n) is 5.57. The van der Waals surface area contributed by atoms with Crippen molar-refractivity contribution in [3.05, 3.63) is 46.5 Å².